The summed E-state index contributed by atoms with van der Waals surface area (Å²) in [5.41, 5.74) is 1.46. The van der Waals surface area contributed by atoms with Gasteiger partial charge in [0, 0.05) is 35.2 Å². The zero-order valence-corrected chi connectivity index (χ0v) is 12.6. The Hall–Kier alpha value is -1.92. The van der Waals surface area contributed by atoms with Gasteiger partial charge in [0.2, 0.25) is 0 Å². The molecule has 0 saturated heterocycles. The van der Waals surface area contributed by atoms with Crippen molar-refractivity contribution in [3.8, 4) is 0 Å². The molecule has 21 heavy (non-hydrogen) atoms. The van der Waals surface area contributed by atoms with Gasteiger partial charge in [0.25, 0.3) is 15.0 Å². The summed E-state index contributed by atoms with van der Waals surface area (Å²) >= 11 is 0. The number of aromatic nitrogens is 1. The lowest BCUT2D eigenvalue weighted by Gasteiger charge is -2.05. The van der Waals surface area contributed by atoms with Crippen molar-refractivity contribution in [3.05, 3.63) is 59.9 Å². The second-order valence-electron chi connectivity index (χ2n) is 4.32. The summed E-state index contributed by atoms with van der Waals surface area (Å²) in [7, 11) is 1.54. The molecular weight excluding hydrogens is 312 g/mol. The number of nitrogens with one attached hydrogen (secondary N) is 1. The summed E-state index contributed by atoms with van der Waals surface area (Å²) in [6, 6.07) is 9.51. The summed E-state index contributed by atoms with van der Waals surface area (Å²) in [6.07, 6.45) is 3.71. The smallest absolute Gasteiger partial charge is 0.261 e. The number of nitrogens with zero attached hydrogens (tertiary/aromatic N) is 1. The highest BCUT2D eigenvalue weighted by Crippen LogP contribution is 2.15. The van der Waals surface area contributed by atoms with Crippen molar-refractivity contribution in [2.45, 2.75) is 11.3 Å². The fourth-order valence-corrected chi connectivity index (χ4v) is 2.51. The van der Waals surface area contributed by atoms with E-state index in [2.05, 4.69) is 10.3 Å². The zero-order chi connectivity index (χ0) is 15.3. The molecule has 7 heteroatoms. The normalized spacial score (nSPS) is 11.1. The minimum absolute atomic E-state index is 0.0636. The quantitative estimate of drug-likeness (QED) is 0.853. The first-order valence-electron chi connectivity index (χ1n) is 6.18. The third-order valence-electron chi connectivity index (χ3n) is 2.85. The summed E-state index contributed by atoms with van der Waals surface area (Å²) in [6.45, 7) is 0.453. The molecule has 2 rings (SSSR count). The van der Waals surface area contributed by atoms with Crippen molar-refractivity contribution in [1.82, 2.24) is 10.3 Å². The maximum atomic E-state index is 11.8. The Labute approximate surface area is 127 Å². The average Bonchev–Trinajstić information content (AvgIpc) is 2.47. The lowest BCUT2D eigenvalue weighted by atomic mass is 10.1. The van der Waals surface area contributed by atoms with E-state index in [4.69, 9.17) is 10.7 Å². The zero-order valence-electron chi connectivity index (χ0n) is 11.0. The average molecular weight is 325 g/mol. The first-order valence-corrected chi connectivity index (χ1v) is 8.49. The van der Waals surface area contributed by atoms with E-state index in [0.29, 0.717) is 18.5 Å². The van der Waals surface area contributed by atoms with Gasteiger partial charge in [-0.3, -0.25) is 9.78 Å². The summed E-state index contributed by atoms with van der Waals surface area (Å²) < 4.78 is 22.2. The number of pyridine rings is 1. The van der Waals surface area contributed by atoms with Gasteiger partial charge in [0.05, 0.1) is 4.90 Å². The minimum atomic E-state index is -3.69. The number of rotatable bonds is 5. The molecule has 0 atom stereocenters. The number of hydrogen-bond donors (Lipinski definition) is 1. The van der Waals surface area contributed by atoms with Gasteiger partial charge < -0.3 is 5.32 Å². The number of amides is 1. The molecule has 1 aromatic carbocycles. The van der Waals surface area contributed by atoms with Crippen LogP contribution in [0.15, 0.2) is 53.7 Å². The fourth-order valence-electron chi connectivity index (χ4n) is 1.74. The van der Waals surface area contributed by atoms with Crippen LogP contribution in [0.2, 0.25) is 0 Å². The highest BCUT2D eigenvalue weighted by Gasteiger charge is 2.09. The van der Waals surface area contributed by atoms with Gasteiger partial charge >= 0.3 is 0 Å². The monoisotopic (exact) mass is 324 g/mol. The van der Waals surface area contributed by atoms with Gasteiger partial charge in [-0.25, -0.2) is 8.42 Å². The summed E-state index contributed by atoms with van der Waals surface area (Å²) in [5.74, 6) is -0.169. The standard InChI is InChI=1S/C14H13ClN2O3S/c15-21(19,20)13-3-1-11(2-4-13)5-10-17-14(18)12-6-8-16-9-7-12/h1-4,6-9H,5,10H2,(H,17,18). The van der Waals surface area contributed by atoms with Crippen LogP contribution in [0.5, 0.6) is 0 Å². The van der Waals surface area contributed by atoms with Gasteiger partial charge in [-0.1, -0.05) is 12.1 Å². The highest BCUT2D eigenvalue weighted by molar-refractivity contribution is 8.13. The van der Waals surface area contributed by atoms with E-state index in [9.17, 15) is 13.2 Å². The van der Waals surface area contributed by atoms with Crippen molar-refractivity contribution in [2.75, 3.05) is 6.54 Å². The van der Waals surface area contributed by atoms with Crippen molar-refractivity contribution < 1.29 is 13.2 Å². The van der Waals surface area contributed by atoms with Gasteiger partial charge in [-0.05, 0) is 36.2 Å². The summed E-state index contributed by atoms with van der Waals surface area (Å²) in [4.78, 5) is 15.7. The SMILES string of the molecule is O=C(NCCc1ccc(S(=O)(=O)Cl)cc1)c1ccncc1. The predicted molar refractivity (Wildman–Crippen MR) is 79.8 cm³/mol. The number of carbonyl (C=O) groups is 1. The Bertz CT molecular complexity index is 716. The topological polar surface area (TPSA) is 76.1 Å². The third kappa shape index (κ3) is 4.54. The number of hydrogen-bond acceptors (Lipinski definition) is 4. The van der Waals surface area contributed by atoms with E-state index in [1.165, 1.54) is 12.1 Å². The lowest BCUT2D eigenvalue weighted by Crippen LogP contribution is -2.25. The molecule has 0 spiro atoms. The molecule has 1 heterocycles. The van der Waals surface area contributed by atoms with Gasteiger partial charge in [0.1, 0.15) is 0 Å². The molecular formula is C14H13ClN2O3S. The second kappa shape index (κ2) is 6.69. The largest absolute Gasteiger partial charge is 0.352 e. The van der Waals surface area contributed by atoms with Crippen LogP contribution >= 0.6 is 10.7 Å². The molecule has 1 N–H and O–H groups in total. The Balaban J connectivity index is 1.88. The second-order valence-corrected chi connectivity index (χ2v) is 6.89. The van der Waals surface area contributed by atoms with Crippen LogP contribution in [0.3, 0.4) is 0 Å². The Morgan fingerprint density at radius 1 is 1.10 bits per heavy atom. The van der Waals surface area contributed by atoms with E-state index in [0.717, 1.165) is 5.56 Å². The summed E-state index contributed by atoms with van der Waals surface area (Å²) in [5, 5.41) is 2.78. The molecule has 0 aliphatic heterocycles. The molecule has 110 valence electrons. The van der Waals surface area contributed by atoms with Gasteiger partial charge in [0.15, 0.2) is 0 Å². The van der Waals surface area contributed by atoms with Gasteiger partial charge in [-0.2, -0.15) is 0 Å². The molecule has 0 radical (unpaired) electrons. The molecule has 0 aliphatic carbocycles. The molecule has 0 saturated carbocycles. The highest BCUT2D eigenvalue weighted by atomic mass is 35.7. The van der Waals surface area contributed by atoms with Crippen LogP contribution < -0.4 is 5.32 Å². The molecule has 5 nitrogen and oxygen atoms in total. The predicted octanol–water partition coefficient (Wildman–Crippen LogP) is 1.98. The third-order valence-corrected chi connectivity index (χ3v) is 4.22. The minimum Gasteiger partial charge on any atom is -0.352 e. The van der Waals surface area contributed by atoms with Crippen molar-refractivity contribution >= 4 is 25.6 Å². The molecule has 1 amide bonds. The van der Waals surface area contributed by atoms with Crippen molar-refractivity contribution in [2.24, 2.45) is 0 Å². The van der Waals surface area contributed by atoms with E-state index >= 15 is 0 Å². The van der Waals surface area contributed by atoms with E-state index < -0.39 is 9.05 Å². The van der Waals surface area contributed by atoms with Crippen LogP contribution in [0, 0.1) is 0 Å². The van der Waals surface area contributed by atoms with Crippen molar-refractivity contribution in [3.63, 3.8) is 0 Å². The molecule has 0 unspecified atom stereocenters. The molecule has 0 aliphatic rings. The first kappa shape index (κ1) is 15.5. The van der Waals surface area contributed by atoms with Crippen LogP contribution in [0.25, 0.3) is 0 Å². The molecule has 1 aromatic heterocycles. The van der Waals surface area contributed by atoms with Gasteiger partial charge in [-0.15, -0.1) is 0 Å². The van der Waals surface area contributed by atoms with Crippen LogP contribution in [-0.2, 0) is 15.5 Å². The lowest BCUT2D eigenvalue weighted by molar-refractivity contribution is 0.0954. The Kier molecular flexibility index (Phi) is 4.93. The molecule has 0 bridgehead atoms. The maximum absolute atomic E-state index is 11.8. The number of benzene rings is 1. The van der Waals surface area contributed by atoms with Crippen LogP contribution in [0.1, 0.15) is 15.9 Å². The molecule has 2 aromatic rings. The Morgan fingerprint density at radius 2 is 1.71 bits per heavy atom. The Morgan fingerprint density at radius 3 is 2.29 bits per heavy atom. The first-order chi connectivity index (χ1) is 9.97. The van der Waals surface area contributed by atoms with E-state index in [1.807, 2.05) is 0 Å². The maximum Gasteiger partial charge on any atom is 0.261 e. The van der Waals surface area contributed by atoms with Crippen LogP contribution in [-0.4, -0.2) is 25.9 Å². The van der Waals surface area contributed by atoms with E-state index in [1.54, 1.807) is 36.7 Å². The fraction of sp³-hybridized carbons (Fsp3) is 0.143. The van der Waals surface area contributed by atoms with Crippen LogP contribution in [0.4, 0.5) is 0 Å². The van der Waals surface area contributed by atoms with E-state index in [-0.39, 0.29) is 10.8 Å². The molecule has 0 fully saturated rings. The number of carbonyl (C=O) groups excluding carboxylic acids is 1. The number of halogens is 1. The van der Waals surface area contributed by atoms with Crippen molar-refractivity contribution in [1.29, 1.82) is 0 Å².